The molecule has 1 nitrogen and oxygen atoms in total. The molecule has 0 aliphatic heterocycles. The first-order valence-electron chi connectivity index (χ1n) is 18.9. The van der Waals surface area contributed by atoms with Crippen LogP contribution in [0.25, 0.3) is 65.3 Å². The van der Waals surface area contributed by atoms with Crippen LogP contribution < -0.4 is 4.90 Å². The van der Waals surface area contributed by atoms with E-state index in [1.165, 1.54) is 99.0 Å². The standard InChI is InChI=1S/C52H39N/c1-51(2)44-29-33-17-9-8-16-32(33)28-43(44)48-40-24-14-12-22-38(40)47(31-46(48)51)53(34-18-6-5-7-19-34)35-26-27-42-45(30-35)52(3,4)50-41-25-15-11-21-37(41)36-20-10-13-23-39(36)49(42)50/h5-31H,1-4H3. The summed E-state index contributed by atoms with van der Waals surface area (Å²) in [4.78, 5) is 2.51. The topological polar surface area (TPSA) is 3.24 Å². The molecule has 53 heavy (non-hydrogen) atoms. The van der Waals surface area contributed by atoms with Crippen molar-refractivity contribution in [1.29, 1.82) is 0 Å². The summed E-state index contributed by atoms with van der Waals surface area (Å²) in [6.45, 7) is 9.65. The molecule has 0 atom stereocenters. The first-order valence-corrected chi connectivity index (χ1v) is 18.9. The molecular weight excluding hydrogens is 639 g/mol. The summed E-state index contributed by atoms with van der Waals surface area (Å²) in [5.74, 6) is 0. The van der Waals surface area contributed by atoms with Crippen molar-refractivity contribution < 1.29 is 0 Å². The quantitative estimate of drug-likeness (QED) is 0.168. The summed E-state index contributed by atoms with van der Waals surface area (Å²) in [5.41, 5.74) is 14.2. The lowest BCUT2D eigenvalue weighted by Crippen LogP contribution is -2.18. The van der Waals surface area contributed by atoms with E-state index in [1.807, 2.05) is 0 Å². The van der Waals surface area contributed by atoms with Gasteiger partial charge in [-0.05, 0) is 125 Å². The number of para-hydroxylation sites is 1. The van der Waals surface area contributed by atoms with Gasteiger partial charge in [-0.1, -0.05) is 149 Å². The minimum absolute atomic E-state index is 0.167. The maximum atomic E-state index is 2.51. The highest BCUT2D eigenvalue weighted by molar-refractivity contribution is 6.18. The molecule has 1 heteroatoms. The molecule has 9 aromatic rings. The maximum Gasteiger partial charge on any atom is 0.0543 e. The van der Waals surface area contributed by atoms with E-state index in [2.05, 4.69) is 196 Å². The van der Waals surface area contributed by atoms with Crippen LogP contribution in [-0.2, 0) is 10.8 Å². The molecule has 2 aliphatic rings. The van der Waals surface area contributed by atoms with E-state index < -0.39 is 0 Å². The predicted molar refractivity (Wildman–Crippen MR) is 226 cm³/mol. The van der Waals surface area contributed by atoms with E-state index in [0.717, 1.165) is 5.69 Å². The van der Waals surface area contributed by atoms with Gasteiger partial charge < -0.3 is 4.90 Å². The van der Waals surface area contributed by atoms with Crippen LogP contribution in [-0.4, -0.2) is 0 Å². The Bertz CT molecular complexity index is 3000. The van der Waals surface area contributed by atoms with E-state index in [-0.39, 0.29) is 10.8 Å². The molecule has 0 saturated carbocycles. The van der Waals surface area contributed by atoms with Crippen molar-refractivity contribution >= 4 is 60.2 Å². The SMILES string of the molecule is CC1(C)c2cc3ccccc3cc2-c2c1cc(N(c1ccccc1)c1ccc3c(c1)C(C)(C)c1c-3c3ccccc3c3ccccc13)c1ccccc21. The Kier molecular flexibility index (Phi) is 6.14. The summed E-state index contributed by atoms with van der Waals surface area (Å²) >= 11 is 0. The van der Waals surface area contributed by atoms with Gasteiger partial charge in [0.2, 0.25) is 0 Å². The summed E-state index contributed by atoms with van der Waals surface area (Å²) < 4.78 is 0. The fraction of sp³-hybridized carbons (Fsp3) is 0.115. The number of nitrogens with zero attached hydrogens (tertiary/aromatic N) is 1. The Morgan fingerprint density at radius 1 is 0.358 bits per heavy atom. The second kappa shape index (κ2) is 10.7. The highest BCUT2D eigenvalue weighted by atomic mass is 15.1. The Morgan fingerprint density at radius 3 is 1.62 bits per heavy atom. The summed E-state index contributed by atoms with van der Waals surface area (Å²) in [6, 6.07) is 61.3. The molecule has 0 aromatic heterocycles. The van der Waals surface area contributed by atoms with Crippen molar-refractivity contribution in [2.45, 2.75) is 38.5 Å². The van der Waals surface area contributed by atoms with E-state index in [1.54, 1.807) is 0 Å². The van der Waals surface area contributed by atoms with Crippen molar-refractivity contribution in [1.82, 2.24) is 0 Å². The summed E-state index contributed by atoms with van der Waals surface area (Å²) in [5, 5.41) is 10.5. The first-order chi connectivity index (χ1) is 25.8. The van der Waals surface area contributed by atoms with Crippen LogP contribution in [0.5, 0.6) is 0 Å². The van der Waals surface area contributed by atoms with Crippen LogP contribution in [0.2, 0.25) is 0 Å². The molecule has 0 N–H and O–H groups in total. The van der Waals surface area contributed by atoms with Crippen molar-refractivity contribution in [2.75, 3.05) is 4.90 Å². The van der Waals surface area contributed by atoms with Crippen molar-refractivity contribution in [3.63, 3.8) is 0 Å². The third-order valence-corrected chi connectivity index (χ3v) is 12.5. The van der Waals surface area contributed by atoms with Gasteiger partial charge >= 0.3 is 0 Å². The molecule has 2 aliphatic carbocycles. The number of benzene rings is 9. The fourth-order valence-electron chi connectivity index (χ4n) is 10.0. The molecule has 252 valence electrons. The smallest absolute Gasteiger partial charge is 0.0543 e. The lowest BCUT2D eigenvalue weighted by molar-refractivity contribution is 0.661. The zero-order chi connectivity index (χ0) is 35.6. The predicted octanol–water partition coefficient (Wildman–Crippen LogP) is 14.4. The van der Waals surface area contributed by atoms with Crippen LogP contribution in [0.1, 0.15) is 49.9 Å². The van der Waals surface area contributed by atoms with Gasteiger partial charge in [-0.2, -0.15) is 0 Å². The van der Waals surface area contributed by atoms with Crippen LogP contribution in [0.15, 0.2) is 164 Å². The van der Waals surface area contributed by atoms with E-state index in [9.17, 15) is 0 Å². The lowest BCUT2D eigenvalue weighted by atomic mass is 9.79. The maximum absolute atomic E-state index is 2.51. The molecule has 9 aromatic carbocycles. The third-order valence-electron chi connectivity index (χ3n) is 12.5. The van der Waals surface area contributed by atoms with E-state index >= 15 is 0 Å². The zero-order valence-electron chi connectivity index (χ0n) is 30.5. The molecule has 0 radical (unpaired) electrons. The zero-order valence-corrected chi connectivity index (χ0v) is 30.5. The average Bonchev–Trinajstić information content (AvgIpc) is 3.57. The van der Waals surface area contributed by atoms with E-state index in [4.69, 9.17) is 0 Å². The molecule has 0 spiro atoms. The second-order valence-corrected chi connectivity index (χ2v) is 16.1. The third kappa shape index (κ3) is 4.08. The van der Waals surface area contributed by atoms with Gasteiger partial charge in [0.25, 0.3) is 0 Å². The number of hydrogen-bond acceptors (Lipinski definition) is 1. The number of rotatable bonds is 3. The molecule has 0 unspecified atom stereocenters. The Labute approximate surface area is 310 Å². The van der Waals surface area contributed by atoms with E-state index in [0.29, 0.717) is 0 Å². The average molecular weight is 678 g/mol. The van der Waals surface area contributed by atoms with Crippen LogP contribution >= 0.6 is 0 Å². The number of fused-ring (bicyclic) bond motifs is 14. The van der Waals surface area contributed by atoms with Gasteiger partial charge in [0.1, 0.15) is 0 Å². The molecular formula is C52H39N. The monoisotopic (exact) mass is 677 g/mol. The number of anilines is 3. The Morgan fingerprint density at radius 2 is 0.906 bits per heavy atom. The normalized spacial score (nSPS) is 14.7. The fourth-order valence-corrected chi connectivity index (χ4v) is 10.0. The molecule has 0 heterocycles. The summed E-state index contributed by atoms with van der Waals surface area (Å²) in [6.07, 6.45) is 0. The van der Waals surface area contributed by atoms with Crippen LogP contribution in [0.4, 0.5) is 17.1 Å². The highest BCUT2D eigenvalue weighted by Crippen LogP contribution is 2.58. The van der Waals surface area contributed by atoms with Gasteiger partial charge in [-0.3, -0.25) is 0 Å². The Balaban J connectivity index is 1.18. The van der Waals surface area contributed by atoms with Crippen LogP contribution in [0, 0.1) is 0 Å². The molecule has 0 saturated heterocycles. The van der Waals surface area contributed by atoms with Crippen LogP contribution in [0.3, 0.4) is 0 Å². The minimum atomic E-state index is -0.196. The van der Waals surface area contributed by atoms with Gasteiger partial charge in [0, 0.05) is 27.6 Å². The van der Waals surface area contributed by atoms with Crippen molar-refractivity contribution in [3.8, 4) is 22.3 Å². The largest absolute Gasteiger partial charge is 0.310 e. The van der Waals surface area contributed by atoms with Gasteiger partial charge in [-0.15, -0.1) is 0 Å². The van der Waals surface area contributed by atoms with Crippen molar-refractivity contribution in [2.24, 2.45) is 0 Å². The summed E-state index contributed by atoms with van der Waals surface area (Å²) in [7, 11) is 0. The highest BCUT2D eigenvalue weighted by Gasteiger charge is 2.40. The van der Waals surface area contributed by atoms with Gasteiger partial charge in [0.15, 0.2) is 0 Å². The van der Waals surface area contributed by atoms with Gasteiger partial charge in [0.05, 0.1) is 5.69 Å². The molecule has 0 fully saturated rings. The Hall–Kier alpha value is -6.18. The first kappa shape index (κ1) is 30.4. The molecule has 0 bridgehead atoms. The molecule has 11 rings (SSSR count). The second-order valence-electron chi connectivity index (χ2n) is 16.1. The lowest BCUT2D eigenvalue weighted by Gasteiger charge is -2.31. The van der Waals surface area contributed by atoms with Crippen molar-refractivity contribution in [3.05, 3.63) is 186 Å². The number of hydrogen-bond donors (Lipinski definition) is 0. The molecule has 0 amide bonds. The van der Waals surface area contributed by atoms with Gasteiger partial charge in [-0.25, -0.2) is 0 Å². The minimum Gasteiger partial charge on any atom is -0.310 e.